The average molecular weight is 312 g/mol. The van der Waals surface area contributed by atoms with Gasteiger partial charge in [0, 0.05) is 17.0 Å². The number of oxazole rings is 1. The molecule has 0 aliphatic carbocycles. The Kier molecular flexibility index (Phi) is 4.35. The van der Waals surface area contributed by atoms with Crippen molar-refractivity contribution >= 4 is 17.4 Å². The van der Waals surface area contributed by atoms with E-state index in [1.807, 2.05) is 42.5 Å². The molecule has 110 valence electrons. The van der Waals surface area contributed by atoms with E-state index >= 15 is 0 Å². The van der Waals surface area contributed by atoms with Crippen molar-refractivity contribution in [2.24, 2.45) is 0 Å². The topological polar surface area (TPSA) is 43.1 Å². The minimum atomic E-state index is -0.0935. The van der Waals surface area contributed by atoms with E-state index in [0.29, 0.717) is 23.6 Å². The van der Waals surface area contributed by atoms with Crippen molar-refractivity contribution in [1.29, 1.82) is 0 Å². The maximum atomic E-state index is 12.1. The van der Waals surface area contributed by atoms with Crippen LogP contribution >= 0.6 is 11.6 Å². The summed E-state index contributed by atoms with van der Waals surface area (Å²) < 4.78 is 5.56. The highest BCUT2D eigenvalue weighted by molar-refractivity contribution is 6.30. The fourth-order valence-electron chi connectivity index (χ4n) is 2.16. The Labute approximate surface area is 133 Å². The summed E-state index contributed by atoms with van der Waals surface area (Å²) in [4.78, 5) is 16.2. The highest BCUT2D eigenvalue weighted by Gasteiger charge is 2.14. The van der Waals surface area contributed by atoms with Gasteiger partial charge in [0.1, 0.15) is 0 Å². The van der Waals surface area contributed by atoms with Crippen molar-refractivity contribution in [3.63, 3.8) is 0 Å². The number of carbonyl (C=O) groups is 1. The molecule has 0 saturated heterocycles. The van der Waals surface area contributed by atoms with Gasteiger partial charge < -0.3 is 4.42 Å². The predicted molar refractivity (Wildman–Crippen MR) is 86.0 cm³/mol. The number of rotatable bonds is 5. The third kappa shape index (κ3) is 3.43. The highest BCUT2D eigenvalue weighted by atomic mass is 35.5. The zero-order chi connectivity index (χ0) is 15.4. The van der Waals surface area contributed by atoms with E-state index in [0.717, 1.165) is 11.1 Å². The van der Waals surface area contributed by atoms with E-state index in [1.165, 1.54) is 0 Å². The van der Waals surface area contributed by atoms with Crippen LogP contribution in [0.5, 0.6) is 0 Å². The van der Waals surface area contributed by atoms with Gasteiger partial charge in [-0.2, -0.15) is 0 Å². The Hall–Kier alpha value is -2.39. The second kappa shape index (κ2) is 6.58. The molecule has 3 nitrogen and oxygen atoms in total. The van der Waals surface area contributed by atoms with E-state index in [9.17, 15) is 4.79 Å². The van der Waals surface area contributed by atoms with Crippen molar-refractivity contribution in [1.82, 2.24) is 4.98 Å². The molecule has 3 rings (SSSR count). The zero-order valence-electron chi connectivity index (χ0n) is 11.8. The molecule has 0 N–H and O–H groups in total. The van der Waals surface area contributed by atoms with Crippen LogP contribution in [-0.4, -0.2) is 10.8 Å². The molecule has 0 amide bonds. The molecule has 0 spiro atoms. The number of benzene rings is 2. The van der Waals surface area contributed by atoms with Crippen LogP contribution in [-0.2, 0) is 6.42 Å². The molecule has 1 aromatic heterocycles. The first-order valence-corrected chi connectivity index (χ1v) is 7.39. The minimum absolute atomic E-state index is 0.0935. The number of ketones is 1. The van der Waals surface area contributed by atoms with Gasteiger partial charge in [0.2, 0.25) is 5.78 Å². The molecular weight excluding hydrogens is 298 g/mol. The lowest BCUT2D eigenvalue weighted by molar-refractivity contribution is 0.0950. The molecule has 22 heavy (non-hydrogen) atoms. The van der Waals surface area contributed by atoms with Crippen LogP contribution in [0.25, 0.3) is 11.3 Å². The number of aromatic nitrogens is 1. The average Bonchev–Trinajstić information content (AvgIpc) is 3.04. The van der Waals surface area contributed by atoms with Crippen LogP contribution in [0.15, 0.2) is 65.2 Å². The van der Waals surface area contributed by atoms with Crippen molar-refractivity contribution in [3.05, 3.63) is 77.3 Å². The molecular formula is C18H14ClNO2. The monoisotopic (exact) mass is 311 g/mol. The van der Waals surface area contributed by atoms with E-state index in [2.05, 4.69) is 4.98 Å². The van der Waals surface area contributed by atoms with Gasteiger partial charge in [-0.1, -0.05) is 41.9 Å². The number of halogens is 1. The molecule has 3 aromatic rings. The van der Waals surface area contributed by atoms with Gasteiger partial charge in [0.15, 0.2) is 5.76 Å². The predicted octanol–water partition coefficient (Wildman–Crippen LogP) is 4.81. The van der Waals surface area contributed by atoms with Crippen LogP contribution in [0.4, 0.5) is 0 Å². The lowest BCUT2D eigenvalue weighted by Gasteiger charge is -1.99. The number of aryl methyl sites for hydroxylation is 1. The molecule has 4 heteroatoms. The van der Waals surface area contributed by atoms with Gasteiger partial charge in [-0.05, 0) is 36.2 Å². The quantitative estimate of drug-likeness (QED) is 0.635. The number of hydrogen-bond acceptors (Lipinski definition) is 3. The molecule has 0 saturated carbocycles. The lowest BCUT2D eigenvalue weighted by Crippen LogP contribution is -2.01. The first-order chi connectivity index (χ1) is 10.7. The Bertz CT molecular complexity index is 763. The van der Waals surface area contributed by atoms with Gasteiger partial charge in [0.05, 0.1) is 6.20 Å². The van der Waals surface area contributed by atoms with E-state index in [4.69, 9.17) is 16.0 Å². The fraction of sp³-hybridized carbons (Fsp3) is 0.111. The second-order valence-corrected chi connectivity index (χ2v) is 5.38. The molecule has 0 bridgehead atoms. The Morgan fingerprint density at radius 2 is 1.77 bits per heavy atom. The third-order valence-corrected chi connectivity index (χ3v) is 3.61. The molecule has 1 heterocycles. The minimum Gasteiger partial charge on any atom is -0.434 e. The molecule has 0 aliphatic rings. The third-order valence-electron chi connectivity index (χ3n) is 3.36. The summed E-state index contributed by atoms with van der Waals surface area (Å²) in [7, 11) is 0. The summed E-state index contributed by atoms with van der Waals surface area (Å²) in [6.45, 7) is 0. The Balaban J connectivity index is 1.68. The largest absolute Gasteiger partial charge is 0.434 e. The fourth-order valence-corrected chi connectivity index (χ4v) is 2.29. The highest BCUT2D eigenvalue weighted by Crippen LogP contribution is 2.23. The van der Waals surface area contributed by atoms with E-state index in [-0.39, 0.29) is 11.7 Å². The molecule has 0 fully saturated rings. The zero-order valence-corrected chi connectivity index (χ0v) is 12.6. The van der Waals surface area contributed by atoms with Crippen LogP contribution in [0.3, 0.4) is 0 Å². The van der Waals surface area contributed by atoms with E-state index in [1.54, 1.807) is 18.3 Å². The normalized spacial score (nSPS) is 10.6. The number of hydrogen-bond donors (Lipinski definition) is 0. The van der Waals surface area contributed by atoms with E-state index < -0.39 is 0 Å². The lowest BCUT2D eigenvalue weighted by atomic mass is 10.1. The molecule has 0 unspecified atom stereocenters. The van der Waals surface area contributed by atoms with Gasteiger partial charge >= 0.3 is 0 Å². The van der Waals surface area contributed by atoms with Gasteiger partial charge in [-0.3, -0.25) is 4.79 Å². The molecule has 0 aliphatic heterocycles. The molecule has 0 radical (unpaired) electrons. The van der Waals surface area contributed by atoms with Crippen molar-refractivity contribution < 1.29 is 9.21 Å². The maximum Gasteiger partial charge on any atom is 0.263 e. The van der Waals surface area contributed by atoms with Crippen LogP contribution in [0.1, 0.15) is 22.7 Å². The standard InChI is InChI=1S/C18H14ClNO2/c19-15-9-7-14(8-10-15)17-12-20-18(22-17)16(21)11-6-13-4-2-1-3-5-13/h1-5,7-10,12H,6,11H2. The van der Waals surface area contributed by atoms with Gasteiger partial charge in [-0.25, -0.2) is 4.98 Å². The maximum absolute atomic E-state index is 12.1. The summed E-state index contributed by atoms with van der Waals surface area (Å²) in [6.07, 6.45) is 2.63. The Morgan fingerprint density at radius 1 is 1.05 bits per heavy atom. The summed E-state index contributed by atoms with van der Waals surface area (Å²) in [5.41, 5.74) is 1.97. The second-order valence-electron chi connectivity index (χ2n) is 4.95. The van der Waals surface area contributed by atoms with Crippen molar-refractivity contribution in [2.45, 2.75) is 12.8 Å². The van der Waals surface area contributed by atoms with Gasteiger partial charge in [0.25, 0.3) is 5.89 Å². The molecule has 0 atom stereocenters. The van der Waals surface area contributed by atoms with Crippen molar-refractivity contribution in [2.75, 3.05) is 0 Å². The summed E-state index contributed by atoms with van der Waals surface area (Å²) in [5, 5.41) is 0.655. The van der Waals surface area contributed by atoms with Gasteiger partial charge in [-0.15, -0.1) is 0 Å². The van der Waals surface area contributed by atoms with Crippen LogP contribution in [0.2, 0.25) is 5.02 Å². The SMILES string of the molecule is O=C(CCc1ccccc1)c1ncc(-c2ccc(Cl)cc2)o1. The number of carbonyl (C=O) groups excluding carboxylic acids is 1. The number of nitrogens with zero attached hydrogens (tertiary/aromatic N) is 1. The van der Waals surface area contributed by atoms with Crippen LogP contribution in [0, 0.1) is 0 Å². The molecule has 2 aromatic carbocycles. The van der Waals surface area contributed by atoms with Crippen LogP contribution < -0.4 is 0 Å². The van der Waals surface area contributed by atoms with Crippen molar-refractivity contribution in [3.8, 4) is 11.3 Å². The first kappa shape index (κ1) is 14.5. The first-order valence-electron chi connectivity index (χ1n) is 7.01. The summed E-state index contributed by atoms with van der Waals surface area (Å²) in [6, 6.07) is 17.1. The summed E-state index contributed by atoms with van der Waals surface area (Å²) in [5.74, 6) is 0.629. The number of Topliss-reactive ketones (excluding diaryl/α,β-unsaturated/α-hetero) is 1. The summed E-state index contributed by atoms with van der Waals surface area (Å²) >= 11 is 5.85. The smallest absolute Gasteiger partial charge is 0.263 e. The Morgan fingerprint density at radius 3 is 2.50 bits per heavy atom.